The van der Waals surface area contributed by atoms with Crippen molar-refractivity contribution in [2.24, 2.45) is 5.73 Å². The van der Waals surface area contributed by atoms with Crippen LogP contribution in [0.2, 0.25) is 0 Å². The van der Waals surface area contributed by atoms with Gasteiger partial charge >= 0.3 is 0 Å². The van der Waals surface area contributed by atoms with Crippen LogP contribution < -0.4 is 16.0 Å². The zero-order valence-corrected chi connectivity index (χ0v) is 19.3. The van der Waals surface area contributed by atoms with Crippen LogP contribution >= 0.6 is 0 Å². The Labute approximate surface area is 203 Å². The van der Waals surface area contributed by atoms with Crippen LogP contribution in [0.5, 0.6) is 0 Å². The lowest BCUT2D eigenvalue weighted by molar-refractivity contribution is 0.0988. The molecule has 0 atom stereocenters. The molecule has 5 rings (SSSR count). The molecule has 8 heteroatoms. The number of primary amides is 1. The summed E-state index contributed by atoms with van der Waals surface area (Å²) in [5.74, 6) is 1.03. The number of ketones is 1. The summed E-state index contributed by atoms with van der Waals surface area (Å²) in [5, 5.41) is 4.04. The molecule has 0 unspecified atom stereocenters. The largest absolute Gasteiger partial charge is 0.366 e. The Morgan fingerprint density at radius 3 is 2.57 bits per heavy atom. The first-order chi connectivity index (χ1) is 17.1. The van der Waals surface area contributed by atoms with Gasteiger partial charge in [-0.2, -0.15) is 0 Å². The lowest BCUT2D eigenvalue weighted by atomic mass is 10.0. The Hall–Kier alpha value is -4.33. The van der Waals surface area contributed by atoms with Gasteiger partial charge in [-0.25, -0.2) is 15.0 Å². The van der Waals surface area contributed by atoms with Gasteiger partial charge in [0.2, 0.25) is 0 Å². The topological polar surface area (TPSA) is 114 Å². The average Bonchev–Trinajstić information content (AvgIpc) is 3.42. The molecule has 3 heterocycles. The third-order valence-corrected chi connectivity index (χ3v) is 6.24. The first-order valence-electron chi connectivity index (χ1n) is 11.7. The minimum absolute atomic E-state index is 0.0683. The molecule has 8 nitrogen and oxygen atoms in total. The van der Waals surface area contributed by atoms with Crippen LogP contribution in [0.15, 0.2) is 67.1 Å². The van der Waals surface area contributed by atoms with Gasteiger partial charge in [-0.3, -0.25) is 9.59 Å². The lowest BCUT2D eigenvalue weighted by Gasteiger charge is -2.16. The number of para-hydroxylation sites is 1. The summed E-state index contributed by atoms with van der Waals surface area (Å²) >= 11 is 0. The number of carbonyl (C=O) groups excluding carboxylic acids is 2. The molecule has 0 bridgehead atoms. The highest BCUT2D eigenvalue weighted by molar-refractivity contribution is 6.06. The van der Waals surface area contributed by atoms with Crippen LogP contribution in [-0.4, -0.2) is 39.7 Å². The summed E-state index contributed by atoms with van der Waals surface area (Å²) in [6, 6.07) is 16.9. The molecule has 3 N–H and O–H groups in total. The predicted octanol–water partition coefficient (Wildman–Crippen LogP) is 3.76. The second kappa shape index (κ2) is 9.89. The Morgan fingerprint density at radius 2 is 1.74 bits per heavy atom. The maximum Gasteiger partial charge on any atom is 0.250 e. The van der Waals surface area contributed by atoms with Gasteiger partial charge in [0, 0.05) is 43.2 Å². The smallest absolute Gasteiger partial charge is 0.250 e. The van der Waals surface area contributed by atoms with Crippen LogP contribution in [0, 0.1) is 0 Å². The van der Waals surface area contributed by atoms with Crippen molar-refractivity contribution in [2.45, 2.75) is 25.8 Å². The Morgan fingerprint density at radius 1 is 0.943 bits per heavy atom. The minimum atomic E-state index is -0.528. The number of Topliss-reactive ketones (excluding diaryl/α,β-unsaturated/α-hetero) is 1. The number of nitrogens with one attached hydrogen (secondary N) is 1. The third kappa shape index (κ3) is 4.96. The molecule has 2 aromatic heterocycles. The Balaban J connectivity index is 1.29. The van der Waals surface area contributed by atoms with Gasteiger partial charge in [0.25, 0.3) is 5.91 Å². The summed E-state index contributed by atoms with van der Waals surface area (Å²) in [4.78, 5) is 40.0. The number of nitrogens with zero attached hydrogens (tertiary/aromatic N) is 4. The second-order valence-corrected chi connectivity index (χ2v) is 8.66. The molecule has 0 aliphatic carbocycles. The number of aromatic nitrogens is 3. The predicted molar refractivity (Wildman–Crippen MR) is 136 cm³/mol. The molecule has 1 amide bonds. The van der Waals surface area contributed by atoms with E-state index in [1.165, 1.54) is 6.33 Å². The van der Waals surface area contributed by atoms with Crippen molar-refractivity contribution in [1.82, 2.24) is 15.0 Å². The zero-order chi connectivity index (χ0) is 24.2. The molecule has 0 spiro atoms. The highest BCUT2D eigenvalue weighted by atomic mass is 16.1. The van der Waals surface area contributed by atoms with Crippen LogP contribution in [-0.2, 0) is 13.0 Å². The second-order valence-electron chi connectivity index (χ2n) is 8.66. The number of rotatable bonds is 8. The van der Waals surface area contributed by atoms with E-state index in [2.05, 4.69) is 25.2 Å². The number of carbonyl (C=O) groups is 2. The first-order valence-corrected chi connectivity index (χ1v) is 11.7. The molecule has 176 valence electrons. The van der Waals surface area contributed by atoms with E-state index in [9.17, 15) is 9.59 Å². The van der Waals surface area contributed by atoms with Crippen LogP contribution in [0.1, 0.15) is 44.7 Å². The number of anilines is 2. The number of nitrogens with two attached hydrogens (primary N) is 1. The van der Waals surface area contributed by atoms with Crippen molar-refractivity contribution < 1.29 is 9.59 Å². The van der Waals surface area contributed by atoms with Crippen molar-refractivity contribution in [3.05, 3.63) is 89.4 Å². The van der Waals surface area contributed by atoms with Crippen LogP contribution in [0.4, 0.5) is 11.6 Å². The van der Waals surface area contributed by atoms with Crippen molar-refractivity contribution >= 4 is 34.2 Å². The van der Waals surface area contributed by atoms with Crippen molar-refractivity contribution in [2.75, 3.05) is 23.3 Å². The summed E-state index contributed by atoms with van der Waals surface area (Å²) in [6.45, 7) is 2.49. The molecular weight excluding hydrogens is 440 g/mol. The zero-order valence-electron chi connectivity index (χ0n) is 19.3. The van der Waals surface area contributed by atoms with Crippen molar-refractivity contribution in [3.8, 4) is 0 Å². The van der Waals surface area contributed by atoms with E-state index in [0.717, 1.165) is 48.3 Å². The summed E-state index contributed by atoms with van der Waals surface area (Å²) in [6.07, 6.45) is 5.78. The molecule has 1 aliphatic rings. The average molecular weight is 467 g/mol. The standard InChI is InChI=1S/C27H26N6O2/c28-26(35)21-7-4-8-22-25(21)31-17-32-27(22)30-16-19-6-3-5-18(13-19)14-23(34)20-9-10-29-24(15-20)33-11-1-2-12-33/h3-10,13,15,17H,1-2,11-12,14,16H2,(H2,28,35)(H,30,31,32). The Bertz CT molecular complexity index is 1400. The molecule has 1 fully saturated rings. The van der Waals surface area contributed by atoms with Gasteiger partial charge in [-0.1, -0.05) is 30.3 Å². The van der Waals surface area contributed by atoms with E-state index in [-0.39, 0.29) is 5.78 Å². The van der Waals surface area contributed by atoms with Gasteiger partial charge in [0.15, 0.2) is 5.78 Å². The molecule has 0 saturated carbocycles. The van der Waals surface area contributed by atoms with Gasteiger partial charge in [-0.15, -0.1) is 0 Å². The molecule has 1 saturated heterocycles. The SMILES string of the molecule is NC(=O)c1cccc2c(NCc3cccc(CC(=O)c4ccnc(N5CCCC5)c4)c3)ncnc12. The molecule has 1 aliphatic heterocycles. The van der Waals surface area contributed by atoms with Gasteiger partial charge in [-0.05, 0) is 48.2 Å². The van der Waals surface area contributed by atoms with E-state index in [1.54, 1.807) is 24.4 Å². The van der Waals surface area contributed by atoms with E-state index in [1.807, 2.05) is 36.4 Å². The van der Waals surface area contributed by atoms with Crippen molar-refractivity contribution in [3.63, 3.8) is 0 Å². The summed E-state index contributed by atoms with van der Waals surface area (Å²) in [7, 11) is 0. The maximum absolute atomic E-state index is 13.0. The number of hydrogen-bond donors (Lipinski definition) is 2. The highest BCUT2D eigenvalue weighted by Crippen LogP contribution is 2.23. The summed E-state index contributed by atoms with van der Waals surface area (Å²) in [5.41, 5.74) is 8.99. The quantitative estimate of drug-likeness (QED) is 0.380. The lowest BCUT2D eigenvalue weighted by Crippen LogP contribution is -2.19. The number of benzene rings is 2. The number of pyridine rings is 1. The number of hydrogen-bond acceptors (Lipinski definition) is 7. The van der Waals surface area contributed by atoms with E-state index in [0.29, 0.717) is 35.4 Å². The monoisotopic (exact) mass is 466 g/mol. The maximum atomic E-state index is 13.0. The highest BCUT2D eigenvalue weighted by Gasteiger charge is 2.16. The Kier molecular flexibility index (Phi) is 6.34. The van der Waals surface area contributed by atoms with E-state index >= 15 is 0 Å². The molecule has 35 heavy (non-hydrogen) atoms. The van der Waals surface area contributed by atoms with Crippen molar-refractivity contribution in [1.29, 1.82) is 0 Å². The fourth-order valence-electron chi connectivity index (χ4n) is 4.46. The van der Waals surface area contributed by atoms with Crippen LogP contribution in [0.3, 0.4) is 0 Å². The molecule has 2 aromatic carbocycles. The number of amides is 1. The minimum Gasteiger partial charge on any atom is -0.366 e. The number of fused-ring (bicyclic) bond motifs is 1. The normalized spacial score (nSPS) is 13.2. The van der Waals surface area contributed by atoms with Crippen LogP contribution in [0.25, 0.3) is 10.9 Å². The fourth-order valence-corrected chi connectivity index (χ4v) is 4.46. The first kappa shape index (κ1) is 22.5. The van der Waals surface area contributed by atoms with E-state index in [4.69, 9.17) is 5.73 Å². The summed E-state index contributed by atoms with van der Waals surface area (Å²) < 4.78 is 0. The molecular formula is C27H26N6O2. The van der Waals surface area contributed by atoms with E-state index < -0.39 is 5.91 Å². The van der Waals surface area contributed by atoms with Gasteiger partial charge < -0.3 is 16.0 Å². The van der Waals surface area contributed by atoms with Gasteiger partial charge in [0.1, 0.15) is 18.0 Å². The van der Waals surface area contributed by atoms with Gasteiger partial charge in [0.05, 0.1) is 11.1 Å². The molecule has 0 radical (unpaired) electrons. The third-order valence-electron chi connectivity index (χ3n) is 6.24. The molecule has 4 aromatic rings. The fraction of sp³-hybridized carbons (Fsp3) is 0.222.